The molecule has 0 bridgehead atoms. The summed E-state index contributed by atoms with van der Waals surface area (Å²) < 4.78 is 62.8. The second-order valence-electron chi connectivity index (χ2n) is 5.53. The van der Waals surface area contributed by atoms with Crippen molar-refractivity contribution in [2.45, 2.75) is 6.18 Å². The minimum absolute atomic E-state index is 0.0935. The Kier molecular flexibility index (Phi) is 5.51. The van der Waals surface area contributed by atoms with Gasteiger partial charge < -0.3 is 5.32 Å². The highest BCUT2D eigenvalue weighted by atomic mass is 32.2. The first-order valence-corrected chi connectivity index (χ1v) is 9.06. The Morgan fingerprint density at radius 3 is 2.29 bits per heavy atom. The molecule has 1 aromatic carbocycles. The van der Waals surface area contributed by atoms with Crippen LogP contribution < -0.4 is 5.32 Å². The standard InChI is InChI=1S/C14H18F3N3O3S/c1-24(22,23)20-8-6-19(7-9-20)10-13(21)18-12-5-3-2-4-11(12)14(15,16)17/h2-5H,6-10H2,1H3,(H,18,21). The van der Waals surface area contributed by atoms with E-state index in [1.807, 2.05) is 0 Å². The van der Waals surface area contributed by atoms with Gasteiger partial charge in [-0.25, -0.2) is 8.42 Å². The molecule has 2 rings (SSSR count). The van der Waals surface area contributed by atoms with E-state index in [9.17, 15) is 26.4 Å². The molecular weight excluding hydrogens is 347 g/mol. The number of hydrogen-bond acceptors (Lipinski definition) is 4. The zero-order valence-electron chi connectivity index (χ0n) is 13.0. The van der Waals surface area contributed by atoms with Crippen LogP contribution in [0, 0.1) is 0 Å². The van der Waals surface area contributed by atoms with Crippen LogP contribution in [-0.2, 0) is 21.0 Å². The number of rotatable bonds is 4. The van der Waals surface area contributed by atoms with Crippen molar-refractivity contribution >= 4 is 21.6 Å². The van der Waals surface area contributed by atoms with Crippen molar-refractivity contribution in [1.29, 1.82) is 0 Å². The van der Waals surface area contributed by atoms with Gasteiger partial charge in [-0.05, 0) is 12.1 Å². The van der Waals surface area contributed by atoms with Crippen LogP contribution in [0.4, 0.5) is 18.9 Å². The summed E-state index contributed by atoms with van der Waals surface area (Å²) in [5.41, 5.74) is -1.19. The maximum atomic E-state index is 12.9. The zero-order chi connectivity index (χ0) is 18.0. The van der Waals surface area contributed by atoms with Crippen LogP contribution in [0.3, 0.4) is 0 Å². The molecule has 1 amide bonds. The predicted molar refractivity (Wildman–Crippen MR) is 82.9 cm³/mol. The number of hydrogen-bond donors (Lipinski definition) is 1. The molecule has 1 fully saturated rings. The first-order valence-electron chi connectivity index (χ1n) is 7.21. The summed E-state index contributed by atoms with van der Waals surface area (Å²) in [6.07, 6.45) is -3.44. The van der Waals surface area contributed by atoms with Gasteiger partial charge >= 0.3 is 6.18 Å². The number of carbonyl (C=O) groups excluding carboxylic acids is 1. The Hall–Kier alpha value is -1.65. The van der Waals surface area contributed by atoms with Crippen molar-refractivity contribution in [3.05, 3.63) is 29.8 Å². The largest absolute Gasteiger partial charge is 0.418 e. The molecule has 0 aromatic heterocycles. The SMILES string of the molecule is CS(=O)(=O)N1CCN(CC(=O)Nc2ccccc2C(F)(F)F)CC1. The van der Waals surface area contributed by atoms with E-state index in [0.717, 1.165) is 12.3 Å². The van der Waals surface area contributed by atoms with Gasteiger partial charge in [-0.3, -0.25) is 9.69 Å². The molecule has 0 atom stereocenters. The Morgan fingerprint density at radius 1 is 1.17 bits per heavy atom. The van der Waals surface area contributed by atoms with E-state index >= 15 is 0 Å². The average molecular weight is 365 g/mol. The molecule has 0 radical (unpaired) electrons. The van der Waals surface area contributed by atoms with Crippen LogP contribution in [0.15, 0.2) is 24.3 Å². The smallest absolute Gasteiger partial charge is 0.324 e. The molecule has 1 aromatic rings. The van der Waals surface area contributed by atoms with Crippen molar-refractivity contribution in [3.8, 4) is 0 Å². The lowest BCUT2D eigenvalue weighted by atomic mass is 10.1. The third kappa shape index (κ3) is 4.92. The van der Waals surface area contributed by atoms with Gasteiger partial charge in [0.2, 0.25) is 15.9 Å². The van der Waals surface area contributed by atoms with Crippen LogP contribution in [0.2, 0.25) is 0 Å². The zero-order valence-corrected chi connectivity index (χ0v) is 13.8. The van der Waals surface area contributed by atoms with E-state index in [0.29, 0.717) is 13.1 Å². The Morgan fingerprint density at radius 2 is 1.75 bits per heavy atom. The third-order valence-corrected chi connectivity index (χ3v) is 4.98. The quantitative estimate of drug-likeness (QED) is 0.871. The van der Waals surface area contributed by atoms with E-state index < -0.39 is 27.7 Å². The highest BCUT2D eigenvalue weighted by molar-refractivity contribution is 7.88. The van der Waals surface area contributed by atoms with Crippen molar-refractivity contribution in [3.63, 3.8) is 0 Å². The summed E-state index contributed by atoms with van der Waals surface area (Å²) in [4.78, 5) is 13.7. The molecule has 24 heavy (non-hydrogen) atoms. The molecule has 10 heteroatoms. The van der Waals surface area contributed by atoms with Gasteiger partial charge in [-0.1, -0.05) is 12.1 Å². The second kappa shape index (κ2) is 7.08. The number of nitrogens with zero attached hydrogens (tertiary/aromatic N) is 2. The molecule has 1 aliphatic rings. The van der Waals surface area contributed by atoms with E-state index in [4.69, 9.17) is 0 Å². The second-order valence-corrected chi connectivity index (χ2v) is 7.51. The molecular formula is C14H18F3N3O3S. The van der Waals surface area contributed by atoms with E-state index in [2.05, 4.69) is 5.32 Å². The predicted octanol–water partition coefficient (Wildman–Crippen LogP) is 1.22. The highest BCUT2D eigenvalue weighted by Gasteiger charge is 2.33. The van der Waals surface area contributed by atoms with E-state index in [1.165, 1.54) is 22.5 Å². The Bertz CT molecular complexity index is 699. The van der Waals surface area contributed by atoms with Crippen LogP contribution >= 0.6 is 0 Å². The molecule has 0 saturated carbocycles. The topological polar surface area (TPSA) is 69.7 Å². The highest BCUT2D eigenvalue weighted by Crippen LogP contribution is 2.34. The van der Waals surface area contributed by atoms with Crippen LogP contribution in [0.25, 0.3) is 0 Å². The van der Waals surface area contributed by atoms with Crippen molar-refractivity contribution in [2.24, 2.45) is 0 Å². The van der Waals surface area contributed by atoms with Gasteiger partial charge in [0.05, 0.1) is 24.1 Å². The number of alkyl halides is 3. The Balaban J connectivity index is 1.94. The lowest BCUT2D eigenvalue weighted by molar-refractivity contribution is -0.137. The number of nitrogens with one attached hydrogen (secondary N) is 1. The number of carbonyl (C=O) groups is 1. The summed E-state index contributed by atoms with van der Waals surface area (Å²) in [5.74, 6) is -0.570. The summed E-state index contributed by atoms with van der Waals surface area (Å²) in [7, 11) is -3.27. The molecule has 1 N–H and O–H groups in total. The van der Waals surface area contributed by atoms with Gasteiger partial charge in [0.25, 0.3) is 0 Å². The van der Waals surface area contributed by atoms with Crippen molar-refractivity contribution < 1.29 is 26.4 Å². The van der Waals surface area contributed by atoms with Crippen LogP contribution in [0.5, 0.6) is 0 Å². The molecule has 0 aliphatic carbocycles. The van der Waals surface area contributed by atoms with Crippen LogP contribution in [0.1, 0.15) is 5.56 Å². The van der Waals surface area contributed by atoms with Crippen LogP contribution in [-0.4, -0.2) is 62.5 Å². The van der Waals surface area contributed by atoms with E-state index in [-0.39, 0.29) is 25.3 Å². The molecule has 1 heterocycles. The average Bonchev–Trinajstić information content (AvgIpc) is 2.46. The van der Waals surface area contributed by atoms with Gasteiger partial charge in [-0.2, -0.15) is 17.5 Å². The fourth-order valence-electron chi connectivity index (χ4n) is 2.45. The number of piperazine rings is 1. The maximum Gasteiger partial charge on any atom is 0.418 e. The minimum atomic E-state index is -4.55. The fourth-order valence-corrected chi connectivity index (χ4v) is 3.28. The summed E-state index contributed by atoms with van der Waals surface area (Å²) >= 11 is 0. The van der Waals surface area contributed by atoms with Gasteiger partial charge in [0.15, 0.2) is 0 Å². The molecule has 134 valence electrons. The number of amides is 1. The number of halogens is 3. The molecule has 0 unspecified atom stereocenters. The summed E-state index contributed by atoms with van der Waals surface area (Å²) in [6.45, 7) is 1.11. The maximum absolute atomic E-state index is 12.9. The molecule has 6 nitrogen and oxygen atoms in total. The fraction of sp³-hybridized carbons (Fsp3) is 0.500. The first kappa shape index (κ1) is 18.7. The third-order valence-electron chi connectivity index (χ3n) is 3.67. The number of anilines is 1. The molecule has 1 aliphatic heterocycles. The Labute approximate surface area is 138 Å². The van der Waals surface area contributed by atoms with Crippen molar-refractivity contribution in [1.82, 2.24) is 9.21 Å². The lowest BCUT2D eigenvalue weighted by Gasteiger charge is -2.32. The van der Waals surface area contributed by atoms with Gasteiger partial charge in [-0.15, -0.1) is 0 Å². The summed E-state index contributed by atoms with van der Waals surface area (Å²) in [5, 5.41) is 2.27. The normalized spacial score (nSPS) is 17.7. The molecule has 0 spiro atoms. The number of sulfonamides is 1. The monoisotopic (exact) mass is 365 g/mol. The minimum Gasteiger partial charge on any atom is -0.324 e. The number of para-hydroxylation sites is 1. The molecule has 1 saturated heterocycles. The lowest BCUT2D eigenvalue weighted by Crippen LogP contribution is -2.50. The first-order chi connectivity index (χ1) is 11.1. The van der Waals surface area contributed by atoms with E-state index in [1.54, 1.807) is 4.90 Å². The summed E-state index contributed by atoms with van der Waals surface area (Å²) in [6, 6.07) is 4.77. The number of benzene rings is 1. The van der Waals surface area contributed by atoms with Gasteiger partial charge in [0, 0.05) is 26.2 Å². The van der Waals surface area contributed by atoms with Crippen molar-refractivity contribution in [2.75, 3.05) is 44.3 Å². The van der Waals surface area contributed by atoms with Gasteiger partial charge in [0.1, 0.15) is 0 Å².